The molecule has 0 aromatic carbocycles. The van der Waals surface area contributed by atoms with Crippen LogP contribution in [-0.4, -0.2) is 16.1 Å². The molecule has 0 fully saturated rings. The normalized spacial score (nSPS) is 13.0. The van der Waals surface area contributed by atoms with Crippen LogP contribution in [-0.2, 0) is 0 Å². The molecule has 118 valence electrons. The van der Waals surface area contributed by atoms with Crippen LogP contribution in [0.4, 0.5) is 0 Å². The summed E-state index contributed by atoms with van der Waals surface area (Å²) in [7, 11) is -2.58. The van der Waals surface area contributed by atoms with Crippen molar-refractivity contribution in [3.63, 3.8) is 0 Å². The van der Waals surface area contributed by atoms with Gasteiger partial charge in [0.05, 0.1) is 8.07 Å². The van der Waals surface area contributed by atoms with Gasteiger partial charge in [-0.3, -0.25) is 0 Å². The molecule has 20 heavy (non-hydrogen) atoms. The van der Waals surface area contributed by atoms with E-state index in [4.69, 9.17) is 0 Å². The van der Waals surface area contributed by atoms with Crippen molar-refractivity contribution in [3.05, 3.63) is 0 Å². The van der Waals surface area contributed by atoms with E-state index in [2.05, 4.69) is 73.8 Å². The van der Waals surface area contributed by atoms with Crippen molar-refractivity contribution in [1.82, 2.24) is 0 Å². The first-order chi connectivity index (χ1) is 9.22. The molecule has 0 unspecified atom stereocenters. The van der Waals surface area contributed by atoms with Gasteiger partial charge in [-0.1, -0.05) is 80.4 Å². The Morgan fingerprint density at radius 3 is 1.30 bits per heavy atom. The second kappa shape index (κ2) is 8.44. The van der Waals surface area contributed by atoms with Crippen molar-refractivity contribution in [2.24, 2.45) is 0 Å². The van der Waals surface area contributed by atoms with Gasteiger partial charge in [0, 0.05) is 6.04 Å². The summed E-state index contributed by atoms with van der Waals surface area (Å²) in [5.74, 6) is 3.74. The molecule has 0 spiro atoms. The maximum Gasteiger partial charge on any atom is 0.145 e. The number of hydrogen-bond donors (Lipinski definition) is 0. The van der Waals surface area contributed by atoms with Crippen molar-refractivity contribution in [3.8, 4) is 11.5 Å². The van der Waals surface area contributed by atoms with E-state index in [-0.39, 0.29) is 0 Å². The predicted molar refractivity (Wildman–Crippen MR) is 101 cm³/mol. The van der Waals surface area contributed by atoms with Crippen molar-refractivity contribution in [1.29, 1.82) is 0 Å². The maximum atomic E-state index is 3.91. The fourth-order valence-electron chi connectivity index (χ4n) is 3.94. The highest BCUT2D eigenvalue weighted by Crippen LogP contribution is 2.40. The molecule has 0 bridgehead atoms. The molecule has 0 aliphatic rings. The fraction of sp³-hybridized carbons (Fsp3) is 0.889. The molecule has 0 heterocycles. The molecule has 0 radical (unpaired) electrons. The zero-order chi connectivity index (χ0) is 16.0. The molecule has 0 amide bonds. The maximum absolute atomic E-state index is 3.91. The van der Waals surface area contributed by atoms with Gasteiger partial charge in [0.2, 0.25) is 0 Å². The Labute approximate surface area is 131 Å². The zero-order valence-electron chi connectivity index (χ0n) is 15.6. The lowest BCUT2D eigenvalue weighted by Crippen LogP contribution is -2.43. The lowest BCUT2D eigenvalue weighted by Gasteiger charge is -2.38. The number of rotatable bonds is 7. The average Bonchev–Trinajstić information content (AvgIpc) is 2.38. The Morgan fingerprint density at radius 2 is 1.05 bits per heavy atom. The van der Waals surface area contributed by atoms with Gasteiger partial charge in [0.25, 0.3) is 0 Å². The third kappa shape index (κ3) is 4.24. The molecule has 2 heteroatoms. The van der Waals surface area contributed by atoms with E-state index in [1.807, 2.05) is 0 Å². The molecule has 0 aromatic heterocycles. The number of hydrogen-bond acceptors (Lipinski definition) is 0. The van der Waals surface area contributed by atoms with E-state index >= 15 is 0 Å². The Morgan fingerprint density at radius 1 is 0.700 bits per heavy atom. The van der Waals surface area contributed by atoms with Gasteiger partial charge in [-0.25, -0.2) is 0 Å². The smallest absolute Gasteiger partial charge is 0.131 e. The van der Waals surface area contributed by atoms with E-state index in [1.54, 1.807) is 0 Å². The van der Waals surface area contributed by atoms with Crippen LogP contribution in [0.15, 0.2) is 0 Å². The lowest BCUT2D eigenvalue weighted by atomic mass is 10.5. The highest BCUT2D eigenvalue weighted by molar-refractivity contribution is 6.90. The van der Waals surface area contributed by atoms with Crippen LogP contribution >= 0.6 is 0 Å². The van der Waals surface area contributed by atoms with Gasteiger partial charge in [0.15, 0.2) is 0 Å². The van der Waals surface area contributed by atoms with Crippen LogP contribution in [0.2, 0.25) is 40.8 Å². The van der Waals surface area contributed by atoms with Crippen molar-refractivity contribution in [2.45, 2.75) is 103 Å². The Balaban J connectivity index is 5.36. The molecule has 0 saturated heterocycles. The third-order valence-corrected chi connectivity index (χ3v) is 17.7. The molecule has 0 saturated carbocycles. The van der Waals surface area contributed by atoms with Gasteiger partial charge < -0.3 is 0 Å². The first kappa shape index (κ1) is 20.0. The van der Waals surface area contributed by atoms with Crippen molar-refractivity contribution < 1.29 is 0 Å². The van der Waals surface area contributed by atoms with Crippen LogP contribution in [0.1, 0.15) is 62.3 Å². The molecule has 0 rings (SSSR count). The van der Waals surface area contributed by atoms with E-state index in [1.165, 1.54) is 24.2 Å². The van der Waals surface area contributed by atoms with Crippen LogP contribution in [0.3, 0.4) is 0 Å². The summed E-state index contributed by atoms with van der Waals surface area (Å²) in [5.41, 5.74) is 6.19. The Kier molecular flexibility index (Phi) is 8.44. The van der Waals surface area contributed by atoms with Gasteiger partial charge in [-0.2, -0.15) is 0 Å². The minimum absolute atomic E-state index is 0.760. The summed E-state index contributed by atoms with van der Waals surface area (Å²) in [6.07, 6.45) is 0. The summed E-state index contributed by atoms with van der Waals surface area (Å²) in [5, 5.41) is 0. The largest absolute Gasteiger partial charge is 0.145 e. The monoisotopic (exact) mass is 310 g/mol. The van der Waals surface area contributed by atoms with Gasteiger partial charge >= 0.3 is 0 Å². The zero-order valence-corrected chi connectivity index (χ0v) is 17.6. The third-order valence-electron chi connectivity index (χ3n) is 5.88. The molecular weight excluding hydrogens is 272 g/mol. The predicted octanol–water partition coefficient (Wildman–Crippen LogP) is 6.72. The lowest BCUT2D eigenvalue weighted by molar-refractivity contribution is 0.838. The van der Waals surface area contributed by atoms with E-state index < -0.39 is 16.1 Å². The molecule has 0 aromatic rings. The van der Waals surface area contributed by atoms with E-state index in [9.17, 15) is 0 Å². The first-order valence-corrected chi connectivity index (χ1v) is 13.8. The second-order valence-electron chi connectivity index (χ2n) is 7.44. The van der Waals surface area contributed by atoms with Crippen LogP contribution < -0.4 is 0 Å². The SMILES string of the molecule is CC[Si](CC)(CC)CC#C[Si](C(C)C)(C(C)C)C(C)C. The summed E-state index contributed by atoms with van der Waals surface area (Å²) >= 11 is 0. The highest BCUT2D eigenvalue weighted by Gasteiger charge is 2.41. The van der Waals surface area contributed by atoms with E-state index in [0.717, 1.165) is 16.6 Å². The van der Waals surface area contributed by atoms with E-state index in [0.29, 0.717) is 0 Å². The molecule has 0 atom stereocenters. The van der Waals surface area contributed by atoms with Crippen LogP contribution in [0.25, 0.3) is 0 Å². The minimum atomic E-state index is -1.50. The van der Waals surface area contributed by atoms with Crippen LogP contribution in [0, 0.1) is 11.5 Å². The van der Waals surface area contributed by atoms with Crippen molar-refractivity contribution in [2.75, 3.05) is 0 Å². The molecular formula is C18H38Si2. The summed E-state index contributed by atoms with van der Waals surface area (Å²) < 4.78 is 0. The molecule has 0 nitrogen and oxygen atoms in total. The van der Waals surface area contributed by atoms with Gasteiger partial charge in [-0.15, -0.1) is 11.5 Å². The standard InChI is InChI=1S/C18H38Si2/c1-10-19(11-2,12-3)14-13-15-20(16(4)5,17(6)7)18(8)9/h16-18H,10-12,14H2,1-9H3. The quantitative estimate of drug-likeness (QED) is 0.362. The molecule has 0 N–H and O–H groups in total. The summed E-state index contributed by atoms with van der Waals surface area (Å²) in [6.45, 7) is 21.6. The summed E-state index contributed by atoms with van der Waals surface area (Å²) in [6, 6.07) is 5.42. The average molecular weight is 311 g/mol. The van der Waals surface area contributed by atoms with Crippen LogP contribution in [0.5, 0.6) is 0 Å². The second-order valence-corrected chi connectivity index (χ2v) is 18.5. The Hall–Kier alpha value is -0.00623. The fourth-order valence-corrected chi connectivity index (χ4v) is 12.1. The summed E-state index contributed by atoms with van der Waals surface area (Å²) in [4.78, 5) is 0. The van der Waals surface area contributed by atoms with Crippen molar-refractivity contribution >= 4 is 16.1 Å². The minimum Gasteiger partial charge on any atom is -0.131 e. The molecule has 0 aliphatic heterocycles. The van der Waals surface area contributed by atoms with Gasteiger partial charge in [0.1, 0.15) is 8.07 Å². The van der Waals surface area contributed by atoms with Gasteiger partial charge in [-0.05, 0) is 16.6 Å². The molecule has 0 aliphatic carbocycles. The first-order valence-electron chi connectivity index (χ1n) is 8.72. The topological polar surface area (TPSA) is 0 Å². The highest BCUT2D eigenvalue weighted by atomic mass is 28.3. The Bertz CT molecular complexity index is 297.